The summed E-state index contributed by atoms with van der Waals surface area (Å²) in [4.78, 5) is 32.9. The van der Waals surface area contributed by atoms with E-state index in [1.54, 1.807) is 0 Å². The highest BCUT2D eigenvalue weighted by molar-refractivity contribution is 5.83. The third-order valence-corrected chi connectivity index (χ3v) is 7.59. The second-order valence-electron chi connectivity index (χ2n) is 9.44. The molecular weight excluding hydrogens is 374 g/mol. The first-order chi connectivity index (χ1) is 14.6. The van der Waals surface area contributed by atoms with E-state index in [9.17, 15) is 9.59 Å². The van der Waals surface area contributed by atoms with Gasteiger partial charge in [0.2, 0.25) is 11.8 Å². The van der Waals surface area contributed by atoms with Gasteiger partial charge in [0, 0.05) is 45.2 Å². The van der Waals surface area contributed by atoms with Gasteiger partial charge in [0.25, 0.3) is 0 Å². The van der Waals surface area contributed by atoms with Crippen LogP contribution >= 0.6 is 0 Å². The number of fused-ring (bicyclic) bond motifs is 1. The van der Waals surface area contributed by atoms with Gasteiger partial charge in [-0.2, -0.15) is 0 Å². The van der Waals surface area contributed by atoms with Crippen molar-refractivity contribution in [1.82, 2.24) is 14.7 Å². The maximum absolute atomic E-state index is 13.8. The molecule has 4 rings (SSSR count). The van der Waals surface area contributed by atoms with Crippen LogP contribution in [0.25, 0.3) is 0 Å². The lowest BCUT2D eigenvalue weighted by atomic mass is 9.92. The van der Waals surface area contributed by atoms with Crippen LogP contribution in [0.1, 0.15) is 57.1 Å². The summed E-state index contributed by atoms with van der Waals surface area (Å²) in [5.41, 5.74) is 2.68. The molecule has 1 aromatic rings. The molecule has 3 aliphatic rings. The van der Waals surface area contributed by atoms with Crippen molar-refractivity contribution in [2.24, 2.45) is 11.8 Å². The molecule has 164 valence electrons. The van der Waals surface area contributed by atoms with Gasteiger partial charge < -0.3 is 9.80 Å². The molecule has 2 fully saturated rings. The van der Waals surface area contributed by atoms with Crippen molar-refractivity contribution in [2.75, 3.05) is 32.7 Å². The molecule has 5 nitrogen and oxygen atoms in total. The number of rotatable bonds is 5. The fraction of sp³-hybridized carbons (Fsp3) is 0.680. The number of nitrogens with zero attached hydrogens (tertiary/aromatic N) is 3. The highest BCUT2D eigenvalue weighted by Gasteiger charge is 2.40. The Balaban J connectivity index is 1.45. The highest BCUT2D eigenvalue weighted by atomic mass is 16.2. The number of carbonyl (C=O) groups is 2. The molecule has 2 heterocycles. The van der Waals surface area contributed by atoms with E-state index in [0.717, 1.165) is 65.0 Å². The Morgan fingerprint density at radius 1 is 0.933 bits per heavy atom. The third-order valence-electron chi connectivity index (χ3n) is 7.59. The van der Waals surface area contributed by atoms with Gasteiger partial charge in [-0.3, -0.25) is 14.5 Å². The molecule has 0 N–H and O–H groups in total. The van der Waals surface area contributed by atoms with Gasteiger partial charge in [0.05, 0.1) is 6.04 Å². The number of benzene rings is 1. The molecule has 1 saturated carbocycles. The monoisotopic (exact) mass is 411 g/mol. The summed E-state index contributed by atoms with van der Waals surface area (Å²) in [6, 6.07) is 8.52. The standard InChI is InChI=1S/C25H37N3O2/c1-3-19(2)24(29)27-16-14-26(15-17-27)23(21-9-5-6-10-21)25(30)28-13-12-20-8-4-7-11-22(20)18-28/h4,7-8,11,19,21,23H,3,5-6,9-10,12-18H2,1-2H3. The summed E-state index contributed by atoms with van der Waals surface area (Å²) in [6.45, 7) is 8.80. The molecule has 30 heavy (non-hydrogen) atoms. The van der Waals surface area contributed by atoms with Crippen molar-refractivity contribution in [3.8, 4) is 0 Å². The molecule has 0 radical (unpaired) electrons. The van der Waals surface area contributed by atoms with E-state index in [0.29, 0.717) is 11.8 Å². The van der Waals surface area contributed by atoms with Crippen LogP contribution in [-0.4, -0.2) is 65.3 Å². The zero-order valence-electron chi connectivity index (χ0n) is 18.7. The summed E-state index contributed by atoms with van der Waals surface area (Å²) in [7, 11) is 0. The SMILES string of the molecule is CCC(C)C(=O)N1CCN(C(C(=O)N2CCc3ccccc3C2)C2CCCC2)CC1. The van der Waals surface area contributed by atoms with Crippen LogP contribution in [0, 0.1) is 11.8 Å². The minimum Gasteiger partial charge on any atom is -0.340 e. The molecule has 2 atom stereocenters. The van der Waals surface area contributed by atoms with E-state index in [2.05, 4.69) is 41.0 Å². The molecule has 5 heteroatoms. The average molecular weight is 412 g/mol. The van der Waals surface area contributed by atoms with Gasteiger partial charge in [-0.05, 0) is 42.7 Å². The lowest BCUT2D eigenvalue weighted by Crippen LogP contribution is -2.59. The van der Waals surface area contributed by atoms with Crippen LogP contribution < -0.4 is 0 Å². The topological polar surface area (TPSA) is 43.9 Å². The Morgan fingerprint density at radius 2 is 1.60 bits per heavy atom. The van der Waals surface area contributed by atoms with E-state index < -0.39 is 0 Å². The van der Waals surface area contributed by atoms with Crippen LogP contribution in [0.2, 0.25) is 0 Å². The van der Waals surface area contributed by atoms with Crippen molar-refractivity contribution in [3.05, 3.63) is 35.4 Å². The van der Waals surface area contributed by atoms with Crippen LogP contribution in [0.4, 0.5) is 0 Å². The Morgan fingerprint density at radius 3 is 2.27 bits per heavy atom. The van der Waals surface area contributed by atoms with Crippen molar-refractivity contribution >= 4 is 11.8 Å². The normalized spacial score (nSPS) is 22.6. The van der Waals surface area contributed by atoms with Crippen molar-refractivity contribution < 1.29 is 9.59 Å². The van der Waals surface area contributed by atoms with E-state index in [1.165, 1.54) is 24.0 Å². The molecule has 1 saturated heterocycles. The second-order valence-corrected chi connectivity index (χ2v) is 9.44. The summed E-state index contributed by atoms with van der Waals surface area (Å²) in [6.07, 6.45) is 6.64. The summed E-state index contributed by atoms with van der Waals surface area (Å²) in [5, 5.41) is 0. The van der Waals surface area contributed by atoms with Crippen LogP contribution in [0.3, 0.4) is 0 Å². The van der Waals surface area contributed by atoms with Crippen LogP contribution in [0.5, 0.6) is 0 Å². The van der Waals surface area contributed by atoms with Gasteiger partial charge >= 0.3 is 0 Å². The molecule has 0 aromatic heterocycles. The van der Waals surface area contributed by atoms with Gasteiger partial charge in [0.1, 0.15) is 0 Å². The van der Waals surface area contributed by atoms with E-state index >= 15 is 0 Å². The second kappa shape index (κ2) is 9.51. The fourth-order valence-electron chi connectivity index (χ4n) is 5.51. The number of piperazine rings is 1. The van der Waals surface area contributed by atoms with Crippen LogP contribution in [-0.2, 0) is 22.6 Å². The Bertz CT molecular complexity index is 751. The maximum atomic E-state index is 13.8. The molecular formula is C25H37N3O2. The summed E-state index contributed by atoms with van der Waals surface area (Å²) in [5.74, 6) is 1.15. The van der Waals surface area contributed by atoms with Crippen molar-refractivity contribution in [1.29, 1.82) is 0 Å². The van der Waals surface area contributed by atoms with E-state index in [4.69, 9.17) is 0 Å². The molecule has 2 unspecified atom stereocenters. The van der Waals surface area contributed by atoms with Crippen molar-refractivity contribution in [2.45, 2.75) is 65.0 Å². The highest BCUT2D eigenvalue weighted by Crippen LogP contribution is 2.33. The number of carbonyl (C=O) groups excluding carboxylic acids is 2. The summed E-state index contributed by atoms with van der Waals surface area (Å²) >= 11 is 0. The van der Waals surface area contributed by atoms with E-state index in [1.807, 2.05) is 11.8 Å². The largest absolute Gasteiger partial charge is 0.340 e. The molecule has 1 aromatic carbocycles. The number of hydrogen-bond donors (Lipinski definition) is 0. The first kappa shape index (κ1) is 21.4. The van der Waals surface area contributed by atoms with E-state index in [-0.39, 0.29) is 17.9 Å². The molecule has 1 aliphatic carbocycles. The first-order valence-electron chi connectivity index (χ1n) is 12.0. The molecule has 2 aliphatic heterocycles. The quantitative estimate of drug-likeness (QED) is 0.747. The Hall–Kier alpha value is -1.88. The number of amides is 2. The van der Waals surface area contributed by atoms with Gasteiger partial charge in [-0.25, -0.2) is 0 Å². The minimum absolute atomic E-state index is 0.0152. The summed E-state index contributed by atoms with van der Waals surface area (Å²) < 4.78 is 0. The zero-order valence-corrected chi connectivity index (χ0v) is 18.7. The number of hydrogen-bond acceptors (Lipinski definition) is 3. The lowest BCUT2D eigenvalue weighted by molar-refractivity contribution is -0.143. The zero-order chi connectivity index (χ0) is 21.1. The van der Waals surface area contributed by atoms with Crippen molar-refractivity contribution in [3.63, 3.8) is 0 Å². The lowest BCUT2D eigenvalue weighted by Gasteiger charge is -2.43. The minimum atomic E-state index is -0.0152. The predicted octanol–water partition coefficient (Wildman–Crippen LogP) is 3.32. The smallest absolute Gasteiger partial charge is 0.240 e. The molecule has 0 spiro atoms. The van der Waals surface area contributed by atoms with Crippen LogP contribution in [0.15, 0.2) is 24.3 Å². The molecule has 2 amide bonds. The Labute approximate surface area is 181 Å². The average Bonchev–Trinajstić information content (AvgIpc) is 3.32. The predicted molar refractivity (Wildman–Crippen MR) is 119 cm³/mol. The molecule has 0 bridgehead atoms. The van der Waals surface area contributed by atoms with Gasteiger partial charge in [-0.1, -0.05) is 51.0 Å². The van der Waals surface area contributed by atoms with Gasteiger partial charge in [-0.15, -0.1) is 0 Å². The maximum Gasteiger partial charge on any atom is 0.240 e. The third kappa shape index (κ3) is 4.41. The fourth-order valence-corrected chi connectivity index (χ4v) is 5.51. The van der Waals surface area contributed by atoms with Gasteiger partial charge in [0.15, 0.2) is 0 Å². The first-order valence-corrected chi connectivity index (χ1v) is 12.0. The Kier molecular flexibility index (Phi) is 6.77.